The van der Waals surface area contributed by atoms with Crippen LogP contribution in [0.1, 0.15) is 23.7 Å². The molecule has 2 aromatic carbocycles. The van der Waals surface area contributed by atoms with E-state index in [1.165, 1.54) is 13.2 Å². The molecule has 0 fully saturated rings. The van der Waals surface area contributed by atoms with Gasteiger partial charge in [0.1, 0.15) is 23.0 Å². The summed E-state index contributed by atoms with van der Waals surface area (Å²) in [5.74, 6) is 2.02. The Balaban J connectivity index is 2.08. The summed E-state index contributed by atoms with van der Waals surface area (Å²) in [6, 6.07) is 10.5. The number of methoxy groups -OCH3 is 3. The van der Waals surface area contributed by atoms with E-state index in [0.29, 0.717) is 24.2 Å². The van der Waals surface area contributed by atoms with Gasteiger partial charge in [0.25, 0.3) is 0 Å². The Morgan fingerprint density at radius 1 is 0.913 bits per heavy atom. The Morgan fingerprint density at radius 2 is 1.57 bits per heavy atom. The second-order valence-corrected chi connectivity index (χ2v) is 5.16. The maximum atomic E-state index is 10.3. The highest BCUT2D eigenvalue weighted by molar-refractivity contribution is 5.42. The molecule has 0 radical (unpaired) electrons. The van der Waals surface area contributed by atoms with E-state index in [-0.39, 0.29) is 5.75 Å². The smallest absolute Gasteiger partial charge is 0.125 e. The Bertz CT molecular complexity index is 654. The summed E-state index contributed by atoms with van der Waals surface area (Å²) in [4.78, 5) is 0. The van der Waals surface area contributed by atoms with E-state index < -0.39 is 6.10 Å². The van der Waals surface area contributed by atoms with Crippen molar-refractivity contribution in [3.05, 3.63) is 47.5 Å². The molecule has 0 aliphatic rings. The first-order chi connectivity index (χ1) is 11.1. The first kappa shape index (κ1) is 17.0. The third-order valence-electron chi connectivity index (χ3n) is 3.78. The maximum Gasteiger partial charge on any atom is 0.125 e. The predicted molar refractivity (Wildman–Crippen MR) is 87.5 cm³/mol. The maximum absolute atomic E-state index is 10.3. The fourth-order valence-corrected chi connectivity index (χ4v) is 2.44. The molecule has 1 unspecified atom stereocenters. The molecule has 0 spiro atoms. The average Bonchev–Trinajstić information content (AvgIpc) is 2.59. The minimum Gasteiger partial charge on any atom is -0.507 e. The summed E-state index contributed by atoms with van der Waals surface area (Å²) in [5.41, 5.74) is 1.46. The van der Waals surface area contributed by atoms with Gasteiger partial charge in [-0.25, -0.2) is 0 Å². The van der Waals surface area contributed by atoms with Crippen molar-refractivity contribution in [1.82, 2.24) is 0 Å². The SMILES string of the molecule is COc1ccc(C(O)CCc2ccc(OC)cc2OC)c(O)c1. The summed E-state index contributed by atoms with van der Waals surface area (Å²) in [6.45, 7) is 0. The van der Waals surface area contributed by atoms with E-state index in [9.17, 15) is 10.2 Å². The van der Waals surface area contributed by atoms with Gasteiger partial charge in [-0.2, -0.15) is 0 Å². The van der Waals surface area contributed by atoms with Crippen LogP contribution in [0.2, 0.25) is 0 Å². The van der Waals surface area contributed by atoms with Gasteiger partial charge in [-0.15, -0.1) is 0 Å². The lowest BCUT2D eigenvalue weighted by Gasteiger charge is -2.15. The summed E-state index contributed by atoms with van der Waals surface area (Å²) in [7, 11) is 4.73. The van der Waals surface area contributed by atoms with Crippen molar-refractivity contribution < 1.29 is 24.4 Å². The quantitative estimate of drug-likeness (QED) is 0.821. The van der Waals surface area contributed by atoms with Crippen LogP contribution in [0.5, 0.6) is 23.0 Å². The van der Waals surface area contributed by atoms with Gasteiger partial charge in [-0.3, -0.25) is 0 Å². The van der Waals surface area contributed by atoms with Gasteiger partial charge in [-0.1, -0.05) is 6.07 Å². The Hall–Kier alpha value is -2.40. The molecule has 0 saturated carbocycles. The van der Waals surface area contributed by atoms with E-state index in [4.69, 9.17) is 14.2 Å². The third-order valence-corrected chi connectivity index (χ3v) is 3.78. The molecule has 0 amide bonds. The van der Waals surface area contributed by atoms with Gasteiger partial charge in [0.15, 0.2) is 0 Å². The monoisotopic (exact) mass is 318 g/mol. The van der Waals surface area contributed by atoms with Crippen molar-refractivity contribution in [3.8, 4) is 23.0 Å². The molecule has 0 aromatic heterocycles. The van der Waals surface area contributed by atoms with E-state index in [1.807, 2.05) is 18.2 Å². The zero-order chi connectivity index (χ0) is 16.8. The second kappa shape index (κ2) is 7.74. The first-order valence-corrected chi connectivity index (χ1v) is 7.35. The predicted octanol–water partition coefficient (Wildman–Crippen LogP) is 3.08. The van der Waals surface area contributed by atoms with E-state index in [0.717, 1.165) is 17.1 Å². The van der Waals surface area contributed by atoms with Crippen molar-refractivity contribution in [3.63, 3.8) is 0 Å². The summed E-state index contributed by atoms with van der Waals surface area (Å²) < 4.78 is 15.6. The van der Waals surface area contributed by atoms with Gasteiger partial charge in [-0.05, 0) is 36.6 Å². The number of aliphatic hydroxyl groups excluding tert-OH is 1. The molecule has 5 nitrogen and oxygen atoms in total. The molecule has 124 valence electrons. The van der Waals surface area contributed by atoms with Crippen molar-refractivity contribution in [2.24, 2.45) is 0 Å². The number of ether oxygens (including phenoxy) is 3. The molecule has 1 atom stereocenters. The number of aryl methyl sites for hydroxylation is 1. The van der Waals surface area contributed by atoms with Crippen LogP contribution in [0.4, 0.5) is 0 Å². The molecular weight excluding hydrogens is 296 g/mol. The van der Waals surface area contributed by atoms with Crippen LogP contribution in [-0.2, 0) is 6.42 Å². The molecule has 0 aliphatic heterocycles. The van der Waals surface area contributed by atoms with Crippen molar-refractivity contribution in [2.75, 3.05) is 21.3 Å². The van der Waals surface area contributed by atoms with Crippen LogP contribution in [0.15, 0.2) is 36.4 Å². The molecule has 23 heavy (non-hydrogen) atoms. The van der Waals surface area contributed by atoms with E-state index >= 15 is 0 Å². The van der Waals surface area contributed by atoms with Gasteiger partial charge in [0.05, 0.1) is 27.4 Å². The number of phenols is 1. The lowest BCUT2D eigenvalue weighted by atomic mass is 10.00. The fourth-order valence-electron chi connectivity index (χ4n) is 2.44. The molecular formula is C18H22O5. The van der Waals surface area contributed by atoms with Crippen molar-refractivity contribution in [2.45, 2.75) is 18.9 Å². The Morgan fingerprint density at radius 3 is 2.17 bits per heavy atom. The Labute approximate surface area is 136 Å². The molecule has 2 rings (SSSR count). The number of aliphatic hydroxyl groups is 1. The van der Waals surface area contributed by atoms with Gasteiger partial charge < -0.3 is 24.4 Å². The first-order valence-electron chi connectivity index (χ1n) is 7.35. The number of hydrogen-bond acceptors (Lipinski definition) is 5. The van der Waals surface area contributed by atoms with E-state index in [2.05, 4.69) is 0 Å². The second-order valence-electron chi connectivity index (χ2n) is 5.16. The summed E-state index contributed by atoms with van der Waals surface area (Å²) in [5, 5.41) is 20.3. The van der Waals surface area contributed by atoms with E-state index in [1.54, 1.807) is 26.4 Å². The fraction of sp³-hybridized carbons (Fsp3) is 0.333. The van der Waals surface area contributed by atoms with Crippen molar-refractivity contribution >= 4 is 0 Å². The highest BCUT2D eigenvalue weighted by atomic mass is 16.5. The third kappa shape index (κ3) is 4.07. The van der Waals surface area contributed by atoms with Crippen LogP contribution in [0.3, 0.4) is 0 Å². The summed E-state index contributed by atoms with van der Waals surface area (Å²) in [6.07, 6.45) is 0.301. The molecule has 2 N–H and O–H groups in total. The zero-order valence-electron chi connectivity index (χ0n) is 13.6. The zero-order valence-corrected chi connectivity index (χ0v) is 13.6. The van der Waals surface area contributed by atoms with Gasteiger partial charge >= 0.3 is 0 Å². The molecule has 5 heteroatoms. The molecule has 2 aromatic rings. The largest absolute Gasteiger partial charge is 0.507 e. The minimum absolute atomic E-state index is 0.0264. The number of phenolic OH excluding ortho intramolecular Hbond substituents is 1. The van der Waals surface area contributed by atoms with Crippen LogP contribution in [0.25, 0.3) is 0 Å². The molecule has 0 bridgehead atoms. The highest BCUT2D eigenvalue weighted by Crippen LogP contribution is 2.32. The standard InChI is InChI=1S/C18H22O5/c1-21-13-7-8-15(17(20)10-13)16(19)9-5-12-4-6-14(22-2)11-18(12)23-3/h4,6-8,10-11,16,19-20H,5,9H2,1-3H3. The summed E-state index contributed by atoms with van der Waals surface area (Å²) >= 11 is 0. The topological polar surface area (TPSA) is 68.2 Å². The van der Waals surface area contributed by atoms with Crippen molar-refractivity contribution in [1.29, 1.82) is 0 Å². The normalized spacial score (nSPS) is 11.8. The number of rotatable bonds is 7. The highest BCUT2D eigenvalue weighted by Gasteiger charge is 2.14. The Kier molecular flexibility index (Phi) is 5.71. The number of benzene rings is 2. The lowest BCUT2D eigenvalue weighted by molar-refractivity contribution is 0.163. The number of aromatic hydroxyl groups is 1. The van der Waals surface area contributed by atoms with Crippen LogP contribution >= 0.6 is 0 Å². The minimum atomic E-state index is -0.771. The van der Waals surface area contributed by atoms with Gasteiger partial charge in [0.2, 0.25) is 0 Å². The molecule has 0 heterocycles. The lowest BCUT2D eigenvalue weighted by Crippen LogP contribution is -2.02. The van der Waals surface area contributed by atoms with Crippen LogP contribution < -0.4 is 14.2 Å². The average molecular weight is 318 g/mol. The van der Waals surface area contributed by atoms with Gasteiger partial charge in [0, 0.05) is 17.7 Å². The van der Waals surface area contributed by atoms with Crippen LogP contribution in [-0.4, -0.2) is 31.5 Å². The molecule has 0 aliphatic carbocycles. The van der Waals surface area contributed by atoms with Crippen LogP contribution in [0, 0.1) is 0 Å². The number of hydrogen-bond donors (Lipinski definition) is 2. The molecule has 0 saturated heterocycles.